The number of halogens is 3. The van der Waals surface area contributed by atoms with E-state index in [1.54, 1.807) is 11.8 Å². The van der Waals surface area contributed by atoms with Crippen molar-refractivity contribution in [1.29, 1.82) is 0 Å². The lowest BCUT2D eigenvalue weighted by Gasteiger charge is -2.29. The average Bonchev–Trinajstić information content (AvgIpc) is 3.32. The highest BCUT2D eigenvalue weighted by atomic mass is 32.2. The average molecular weight is 690 g/mol. The number of ether oxygens (including phenoxy) is 1. The summed E-state index contributed by atoms with van der Waals surface area (Å²) >= 11 is 1.72. The third-order valence-corrected chi connectivity index (χ3v) is 10.1. The first-order valence-corrected chi connectivity index (χ1v) is 17.2. The molecule has 0 spiro atoms. The van der Waals surface area contributed by atoms with E-state index >= 15 is 0 Å². The molecule has 0 bridgehead atoms. The summed E-state index contributed by atoms with van der Waals surface area (Å²) < 4.78 is 47.5. The minimum atomic E-state index is -4.45. The largest absolute Gasteiger partial charge is 0.487 e. The van der Waals surface area contributed by atoms with Gasteiger partial charge in [-0.05, 0) is 67.3 Å². The molecule has 0 aliphatic carbocycles. The highest BCUT2D eigenvalue weighted by Crippen LogP contribution is 2.45. The lowest BCUT2D eigenvalue weighted by molar-refractivity contribution is -0.149. The van der Waals surface area contributed by atoms with E-state index in [4.69, 9.17) is 4.74 Å². The first kappa shape index (κ1) is 36.0. The van der Waals surface area contributed by atoms with Gasteiger partial charge in [0.05, 0.1) is 22.4 Å². The van der Waals surface area contributed by atoms with Crippen LogP contribution in [0.25, 0.3) is 22.2 Å². The van der Waals surface area contributed by atoms with Crippen LogP contribution in [0.3, 0.4) is 0 Å². The van der Waals surface area contributed by atoms with E-state index in [2.05, 4.69) is 35.3 Å². The molecule has 5 rings (SSSR count). The molecule has 0 unspecified atom stereocenters. The number of aryl methyl sites for hydroxylation is 1. The van der Waals surface area contributed by atoms with E-state index in [-0.39, 0.29) is 4.75 Å². The molecule has 10 heteroatoms. The Hall–Kier alpha value is -4.31. The van der Waals surface area contributed by atoms with Crippen LogP contribution in [-0.4, -0.2) is 30.4 Å². The normalized spacial score (nSPS) is 12.4. The number of hydrogen-bond acceptors (Lipinski definition) is 5. The number of carbonyl (C=O) groups is 1. The van der Waals surface area contributed by atoms with Crippen LogP contribution in [0.5, 0.6) is 5.75 Å². The third-order valence-electron chi connectivity index (χ3n) is 8.85. The van der Waals surface area contributed by atoms with Crippen LogP contribution < -0.4 is 4.74 Å². The molecule has 0 aliphatic heterocycles. The van der Waals surface area contributed by atoms with Gasteiger partial charge in [-0.2, -0.15) is 13.2 Å². The Morgan fingerprint density at radius 3 is 2.18 bits per heavy atom. The number of aliphatic carboxylic acids is 1. The third kappa shape index (κ3) is 8.29. The zero-order valence-corrected chi connectivity index (χ0v) is 29.5. The molecule has 1 N–H and O–H groups in total. The number of benzene rings is 2. The number of pyridine rings is 2. The van der Waals surface area contributed by atoms with Gasteiger partial charge in [-0.1, -0.05) is 65.0 Å². The second kappa shape index (κ2) is 14.3. The van der Waals surface area contributed by atoms with Crippen LogP contribution in [-0.2, 0) is 30.5 Å². The molecule has 0 fully saturated rings. The molecule has 0 saturated carbocycles. The molecule has 0 radical (unpaired) electrons. The van der Waals surface area contributed by atoms with E-state index in [0.29, 0.717) is 49.4 Å². The second-order valence-electron chi connectivity index (χ2n) is 13.5. The van der Waals surface area contributed by atoms with E-state index in [0.717, 1.165) is 50.6 Å². The summed E-state index contributed by atoms with van der Waals surface area (Å²) in [4.78, 5) is 22.3. The summed E-state index contributed by atoms with van der Waals surface area (Å²) in [6.45, 7) is 13.1. The Bertz CT molecular complexity index is 1910. The highest BCUT2D eigenvalue weighted by molar-refractivity contribution is 8.00. The summed E-state index contributed by atoms with van der Waals surface area (Å²) in [5.41, 5.74) is 4.17. The molecule has 3 aromatic heterocycles. The molecule has 3 heterocycles. The number of fused-ring (bicyclic) bond motifs is 1. The molecular weight excluding hydrogens is 648 g/mol. The van der Waals surface area contributed by atoms with Crippen LogP contribution >= 0.6 is 11.8 Å². The summed E-state index contributed by atoms with van der Waals surface area (Å²) in [5, 5.41) is 11.5. The Balaban J connectivity index is 1.58. The van der Waals surface area contributed by atoms with Crippen LogP contribution in [0.15, 0.2) is 84.0 Å². The van der Waals surface area contributed by atoms with Gasteiger partial charge in [0.25, 0.3) is 0 Å². The summed E-state index contributed by atoms with van der Waals surface area (Å²) in [6.07, 6.45) is -0.481. The van der Waals surface area contributed by atoms with Crippen LogP contribution in [0.2, 0.25) is 0 Å². The molecule has 0 atom stereocenters. The van der Waals surface area contributed by atoms with Crippen LogP contribution in [0.1, 0.15) is 75.5 Å². The van der Waals surface area contributed by atoms with Gasteiger partial charge in [0, 0.05) is 57.2 Å². The fraction of sp³-hybridized carbons (Fsp3) is 0.359. The maximum absolute atomic E-state index is 13.1. The van der Waals surface area contributed by atoms with Crippen molar-refractivity contribution in [3.8, 4) is 17.0 Å². The van der Waals surface area contributed by atoms with Crippen molar-refractivity contribution in [3.63, 3.8) is 0 Å². The van der Waals surface area contributed by atoms with Gasteiger partial charge in [-0.3, -0.25) is 14.8 Å². The number of carboxylic acid groups (broad SMARTS) is 1. The molecular formula is C39H42F3N3O3S. The molecule has 0 saturated heterocycles. The lowest BCUT2D eigenvalue weighted by Crippen LogP contribution is -2.33. The Labute approximate surface area is 289 Å². The van der Waals surface area contributed by atoms with Gasteiger partial charge in [-0.15, -0.1) is 11.8 Å². The smallest absolute Gasteiger partial charge is 0.417 e. The van der Waals surface area contributed by atoms with Crippen molar-refractivity contribution < 1.29 is 27.8 Å². The van der Waals surface area contributed by atoms with Gasteiger partial charge in [0.15, 0.2) is 0 Å². The molecule has 5 aromatic rings. The topological polar surface area (TPSA) is 77.2 Å². The molecule has 0 amide bonds. The highest BCUT2D eigenvalue weighted by Gasteiger charge is 2.38. The van der Waals surface area contributed by atoms with E-state index in [9.17, 15) is 23.1 Å². The molecule has 2 aromatic carbocycles. The van der Waals surface area contributed by atoms with Gasteiger partial charge in [0.1, 0.15) is 12.4 Å². The maximum atomic E-state index is 13.1. The number of thioether (sulfide) groups is 1. The zero-order valence-electron chi connectivity index (χ0n) is 28.7. The van der Waals surface area contributed by atoms with Crippen molar-refractivity contribution in [2.45, 2.75) is 89.8 Å². The number of hydrogen-bond donors (Lipinski definition) is 1. The monoisotopic (exact) mass is 689 g/mol. The van der Waals surface area contributed by atoms with Crippen LogP contribution in [0, 0.1) is 12.3 Å². The molecule has 49 heavy (non-hydrogen) atoms. The van der Waals surface area contributed by atoms with E-state index < -0.39 is 23.1 Å². The molecule has 0 aliphatic rings. The number of alkyl halides is 3. The summed E-state index contributed by atoms with van der Waals surface area (Å²) in [6, 6.07) is 20.0. The van der Waals surface area contributed by atoms with E-state index in [1.165, 1.54) is 6.07 Å². The summed E-state index contributed by atoms with van der Waals surface area (Å²) in [7, 11) is 0. The van der Waals surface area contributed by atoms with Crippen molar-refractivity contribution in [1.82, 2.24) is 14.5 Å². The van der Waals surface area contributed by atoms with E-state index in [1.807, 2.05) is 81.6 Å². The van der Waals surface area contributed by atoms with Crippen molar-refractivity contribution in [2.24, 2.45) is 5.41 Å². The minimum Gasteiger partial charge on any atom is -0.487 e. The lowest BCUT2D eigenvalue weighted by atomic mass is 9.78. The second-order valence-corrected chi connectivity index (χ2v) is 15.3. The number of aromatic nitrogens is 3. The number of carboxylic acids is 1. The first-order valence-electron chi connectivity index (χ1n) is 16.4. The first-order chi connectivity index (χ1) is 23.1. The van der Waals surface area contributed by atoms with Crippen LogP contribution in [0.4, 0.5) is 13.2 Å². The van der Waals surface area contributed by atoms with Gasteiger partial charge < -0.3 is 14.4 Å². The fourth-order valence-electron chi connectivity index (χ4n) is 5.86. The number of rotatable bonds is 12. The Morgan fingerprint density at radius 2 is 1.63 bits per heavy atom. The van der Waals surface area contributed by atoms with Crippen molar-refractivity contribution in [3.05, 3.63) is 107 Å². The van der Waals surface area contributed by atoms with Crippen molar-refractivity contribution >= 4 is 28.6 Å². The van der Waals surface area contributed by atoms with Gasteiger partial charge in [-0.25, -0.2) is 0 Å². The SMILES string of the molecule is CCC(CC)(Cc1c(SC(C)(C)C)c2cc(OCc3ccc(C)cn3)ccc2n1Cc1ccc(-c2ccc(C(F)(F)F)cn2)cc1)C(=O)O. The molecule has 258 valence electrons. The predicted octanol–water partition coefficient (Wildman–Crippen LogP) is 10.4. The fourth-order valence-corrected chi connectivity index (χ4v) is 7.04. The Kier molecular flexibility index (Phi) is 10.5. The molecule has 6 nitrogen and oxygen atoms in total. The number of nitrogens with zero attached hydrogens (tertiary/aromatic N) is 3. The predicted molar refractivity (Wildman–Crippen MR) is 189 cm³/mol. The summed E-state index contributed by atoms with van der Waals surface area (Å²) in [5.74, 6) is -0.123. The quantitative estimate of drug-likeness (QED) is 0.131. The zero-order chi connectivity index (χ0) is 35.6. The maximum Gasteiger partial charge on any atom is 0.417 e. The minimum absolute atomic E-state index is 0.169. The standard InChI is InChI=1S/C39H42F3N3O3S/c1-7-38(8-2,36(46)47)20-34-35(49-37(4,5)6)31-19-30(48-24-29-15-9-25(3)21-43-29)16-18-33(31)45(34)23-26-10-12-27(13-11-26)32-17-14-28(22-44-32)39(40,41)42/h9-19,21-22H,7-8,20,23-24H2,1-6H3,(H,46,47). The van der Waals surface area contributed by atoms with Crippen molar-refractivity contribution in [2.75, 3.05) is 0 Å². The van der Waals surface area contributed by atoms with Gasteiger partial charge in [0.2, 0.25) is 0 Å². The Morgan fingerprint density at radius 1 is 0.918 bits per heavy atom. The van der Waals surface area contributed by atoms with Gasteiger partial charge >= 0.3 is 12.1 Å².